The maximum absolute atomic E-state index is 9.90. The Balaban J connectivity index is 1.81. The molecule has 1 aliphatic carbocycles. The van der Waals surface area contributed by atoms with Crippen LogP contribution in [0.1, 0.15) is 31.2 Å². The third kappa shape index (κ3) is 2.15. The molecule has 0 radical (unpaired) electrons. The largest absolute Gasteiger partial charge is 0.392 e. The van der Waals surface area contributed by atoms with Gasteiger partial charge in [-0.05, 0) is 17.9 Å². The van der Waals surface area contributed by atoms with Gasteiger partial charge in [0.25, 0.3) is 0 Å². The van der Waals surface area contributed by atoms with Crippen molar-refractivity contribution in [3.8, 4) is 0 Å². The Hall–Kier alpha value is -0.420. The van der Waals surface area contributed by atoms with Crippen LogP contribution < -0.4 is 5.32 Å². The van der Waals surface area contributed by atoms with E-state index in [-0.39, 0.29) is 11.5 Å². The quantitative estimate of drug-likeness (QED) is 0.749. The summed E-state index contributed by atoms with van der Waals surface area (Å²) in [4.78, 5) is 0.991. The van der Waals surface area contributed by atoms with Gasteiger partial charge in [-0.1, -0.05) is 19.9 Å². The van der Waals surface area contributed by atoms with Gasteiger partial charge in [-0.15, -0.1) is 11.3 Å². The molecule has 3 atom stereocenters. The Bertz CT molecular complexity index is 337. The zero-order chi connectivity index (χ0) is 11.8. The van der Waals surface area contributed by atoms with Gasteiger partial charge in [-0.2, -0.15) is 0 Å². The lowest BCUT2D eigenvalue weighted by Crippen LogP contribution is -2.60. The van der Waals surface area contributed by atoms with Crippen LogP contribution in [0.25, 0.3) is 0 Å². The number of rotatable bonds is 4. The second-order valence-corrected chi connectivity index (χ2v) is 6.04. The molecule has 1 saturated carbocycles. The van der Waals surface area contributed by atoms with Gasteiger partial charge in [0.2, 0.25) is 0 Å². The van der Waals surface area contributed by atoms with Crippen LogP contribution in [0.3, 0.4) is 0 Å². The van der Waals surface area contributed by atoms with Gasteiger partial charge in [0, 0.05) is 22.9 Å². The lowest BCUT2D eigenvalue weighted by Gasteiger charge is -2.49. The SMILES string of the molecule is CC1(C)C(O)CC1NCC(O)c1cccs1. The number of aliphatic hydroxyl groups excluding tert-OH is 2. The van der Waals surface area contributed by atoms with E-state index in [9.17, 15) is 10.2 Å². The molecule has 90 valence electrons. The van der Waals surface area contributed by atoms with E-state index in [0.717, 1.165) is 11.3 Å². The molecule has 0 saturated heterocycles. The van der Waals surface area contributed by atoms with Crippen LogP contribution in [-0.4, -0.2) is 28.9 Å². The summed E-state index contributed by atoms with van der Waals surface area (Å²) < 4.78 is 0. The Morgan fingerprint density at radius 3 is 2.88 bits per heavy atom. The van der Waals surface area contributed by atoms with Crippen LogP contribution in [0, 0.1) is 5.41 Å². The molecule has 0 aliphatic heterocycles. The topological polar surface area (TPSA) is 52.5 Å². The molecule has 1 aliphatic rings. The minimum atomic E-state index is -0.437. The van der Waals surface area contributed by atoms with Crippen molar-refractivity contribution in [3.05, 3.63) is 22.4 Å². The summed E-state index contributed by atoms with van der Waals surface area (Å²) in [7, 11) is 0. The predicted octanol–water partition coefficient (Wildman–Crippen LogP) is 1.53. The number of aliphatic hydroxyl groups is 2. The van der Waals surface area contributed by atoms with Gasteiger partial charge in [-0.3, -0.25) is 0 Å². The molecule has 3 N–H and O–H groups in total. The molecule has 3 nitrogen and oxygen atoms in total. The van der Waals surface area contributed by atoms with Crippen molar-refractivity contribution in [2.24, 2.45) is 5.41 Å². The smallest absolute Gasteiger partial charge is 0.101 e. The van der Waals surface area contributed by atoms with Gasteiger partial charge in [-0.25, -0.2) is 0 Å². The number of hydrogen-bond donors (Lipinski definition) is 3. The molecule has 1 heterocycles. The van der Waals surface area contributed by atoms with Crippen LogP contribution in [0.2, 0.25) is 0 Å². The maximum Gasteiger partial charge on any atom is 0.101 e. The van der Waals surface area contributed by atoms with E-state index in [1.54, 1.807) is 11.3 Å². The summed E-state index contributed by atoms with van der Waals surface area (Å²) in [6, 6.07) is 4.19. The van der Waals surface area contributed by atoms with Crippen LogP contribution in [-0.2, 0) is 0 Å². The van der Waals surface area contributed by atoms with E-state index in [1.165, 1.54) is 0 Å². The Kier molecular flexibility index (Phi) is 3.35. The van der Waals surface area contributed by atoms with Crippen LogP contribution in [0.15, 0.2) is 17.5 Å². The lowest BCUT2D eigenvalue weighted by atomic mass is 9.64. The van der Waals surface area contributed by atoms with Crippen LogP contribution in [0.4, 0.5) is 0 Å². The van der Waals surface area contributed by atoms with Crippen molar-refractivity contribution < 1.29 is 10.2 Å². The van der Waals surface area contributed by atoms with Crippen molar-refractivity contribution in [2.75, 3.05) is 6.54 Å². The number of nitrogens with one attached hydrogen (secondary N) is 1. The third-order valence-electron chi connectivity index (χ3n) is 3.65. The van der Waals surface area contributed by atoms with E-state index >= 15 is 0 Å². The van der Waals surface area contributed by atoms with Crippen LogP contribution >= 0.6 is 11.3 Å². The maximum atomic E-state index is 9.90. The van der Waals surface area contributed by atoms with Gasteiger partial charge in [0.1, 0.15) is 6.10 Å². The zero-order valence-electron chi connectivity index (χ0n) is 9.68. The molecule has 1 aromatic rings. The highest BCUT2D eigenvalue weighted by molar-refractivity contribution is 7.10. The average Bonchev–Trinajstić information content (AvgIpc) is 2.76. The summed E-state index contributed by atoms with van der Waals surface area (Å²) in [5, 5.41) is 24.8. The van der Waals surface area contributed by atoms with E-state index < -0.39 is 6.10 Å². The molecular weight excluding hydrogens is 222 g/mol. The van der Waals surface area contributed by atoms with Crippen LogP contribution in [0.5, 0.6) is 0 Å². The number of thiophene rings is 1. The predicted molar refractivity (Wildman–Crippen MR) is 65.5 cm³/mol. The van der Waals surface area contributed by atoms with Gasteiger partial charge >= 0.3 is 0 Å². The summed E-state index contributed by atoms with van der Waals surface area (Å²) in [6.07, 6.45) is 0.127. The highest BCUT2D eigenvalue weighted by Gasteiger charge is 2.46. The molecule has 1 aromatic heterocycles. The summed E-state index contributed by atoms with van der Waals surface area (Å²) in [5.74, 6) is 0. The molecule has 4 heteroatoms. The normalized spacial score (nSPS) is 29.8. The molecule has 0 aromatic carbocycles. The molecule has 16 heavy (non-hydrogen) atoms. The first-order valence-electron chi connectivity index (χ1n) is 5.64. The summed E-state index contributed by atoms with van der Waals surface area (Å²) in [5.41, 5.74) is -0.0742. The highest BCUT2D eigenvalue weighted by atomic mass is 32.1. The summed E-state index contributed by atoms with van der Waals surface area (Å²) in [6.45, 7) is 4.66. The van der Waals surface area contributed by atoms with Gasteiger partial charge in [0.05, 0.1) is 6.10 Å². The van der Waals surface area contributed by atoms with Crippen molar-refractivity contribution in [1.29, 1.82) is 0 Å². The van der Waals surface area contributed by atoms with Crippen molar-refractivity contribution >= 4 is 11.3 Å². The summed E-state index contributed by atoms with van der Waals surface area (Å²) >= 11 is 1.57. The number of hydrogen-bond acceptors (Lipinski definition) is 4. The highest BCUT2D eigenvalue weighted by Crippen LogP contribution is 2.40. The fraction of sp³-hybridized carbons (Fsp3) is 0.667. The Morgan fingerprint density at radius 2 is 2.38 bits per heavy atom. The fourth-order valence-corrected chi connectivity index (χ4v) is 2.80. The van der Waals surface area contributed by atoms with Crippen molar-refractivity contribution in [1.82, 2.24) is 5.32 Å². The minimum absolute atomic E-state index is 0.0742. The minimum Gasteiger partial charge on any atom is -0.392 e. The lowest BCUT2D eigenvalue weighted by molar-refractivity contribution is -0.0748. The van der Waals surface area contributed by atoms with E-state index in [2.05, 4.69) is 19.2 Å². The van der Waals surface area contributed by atoms with E-state index in [0.29, 0.717) is 12.6 Å². The van der Waals surface area contributed by atoms with Gasteiger partial charge in [0.15, 0.2) is 0 Å². The van der Waals surface area contributed by atoms with Crippen molar-refractivity contribution in [2.45, 2.75) is 38.5 Å². The first-order chi connectivity index (χ1) is 7.51. The first kappa shape index (κ1) is 12.0. The molecule has 0 spiro atoms. The molecule has 0 bridgehead atoms. The Labute approximate surface area is 100 Å². The third-order valence-corrected chi connectivity index (χ3v) is 4.62. The Morgan fingerprint density at radius 1 is 1.62 bits per heavy atom. The fourth-order valence-electron chi connectivity index (χ4n) is 2.08. The molecular formula is C12H19NO2S. The zero-order valence-corrected chi connectivity index (χ0v) is 10.5. The second kappa shape index (κ2) is 4.45. The molecule has 0 amide bonds. The standard InChI is InChI=1S/C12H19NO2S/c1-12(2)10(6-11(12)15)13-7-8(14)9-4-3-5-16-9/h3-5,8,10-11,13-15H,6-7H2,1-2H3. The van der Waals surface area contributed by atoms with Gasteiger partial charge < -0.3 is 15.5 Å². The average molecular weight is 241 g/mol. The van der Waals surface area contributed by atoms with Crippen molar-refractivity contribution in [3.63, 3.8) is 0 Å². The molecule has 2 rings (SSSR count). The molecule has 1 fully saturated rings. The first-order valence-corrected chi connectivity index (χ1v) is 6.52. The van der Waals surface area contributed by atoms with E-state index in [1.807, 2.05) is 17.5 Å². The monoisotopic (exact) mass is 241 g/mol. The molecule has 3 unspecified atom stereocenters. The van der Waals surface area contributed by atoms with E-state index in [4.69, 9.17) is 0 Å². The second-order valence-electron chi connectivity index (χ2n) is 5.06.